The number of aromatic nitrogens is 1. The summed E-state index contributed by atoms with van der Waals surface area (Å²) in [7, 11) is -0.285. The highest BCUT2D eigenvalue weighted by atomic mass is 79.9. The Hall–Kier alpha value is -1.97. The van der Waals surface area contributed by atoms with Crippen LogP contribution in [0.25, 0.3) is 0 Å². The molecule has 168 valence electrons. The van der Waals surface area contributed by atoms with E-state index in [0.29, 0.717) is 5.75 Å². The van der Waals surface area contributed by atoms with E-state index in [-0.39, 0.29) is 30.1 Å². The van der Waals surface area contributed by atoms with E-state index in [2.05, 4.69) is 48.6 Å². The van der Waals surface area contributed by atoms with Crippen LogP contribution < -0.4 is 10.2 Å². The molecule has 9 heteroatoms. The van der Waals surface area contributed by atoms with Gasteiger partial charge in [-0.05, 0) is 78.5 Å². The molecule has 0 spiro atoms. The summed E-state index contributed by atoms with van der Waals surface area (Å²) in [5, 5.41) is 10.8. The van der Waals surface area contributed by atoms with Gasteiger partial charge in [0.2, 0.25) is 0 Å². The van der Waals surface area contributed by atoms with Gasteiger partial charge in [-0.1, -0.05) is 15.9 Å². The van der Waals surface area contributed by atoms with Crippen molar-refractivity contribution >= 4 is 34.2 Å². The highest BCUT2D eigenvalue weighted by Crippen LogP contribution is 2.36. The molecule has 2 heterocycles. The quantitative estimate of drug-likeness (QED) is 0.333. The molecular weight excluding hydrogens is 463 g/mol. The fourth-order valence-electron chi connectivity index (χ4n) is 2.83. The number of pyridine rings is 1. The fraction of sp³-hybridized carbons (Fsp3) is 0.500. The Kier molecular flexibility index (Phi) is 7.89. The summed E-state index contributed by atoms with van der Waals surface area (Å²) in [4.78, 5) is 14.5. The van der Waals surface area contributed by atoms with Crippen LogP contribution in [0.3, 0.4) is 0 Å². The summed E-state index contributed by atoms with van der Waals surface area (Å²) < 4.78 is 18.1. The molecule has 1 aliphatic heterocycles. The summed E-state index contributed by atoms with van der Waals surface area (Å²) in [5.41, 5.74) is 2.27. The van der Waals surface area contributed by atoms with Crippen molar-refractivity contribution < 1.29 is 19.0 Å². The van der Waals surface area contributed by atoms with Gasteiger partial charge in [-0.3, -0.25) is 15.1 Å². The fourth-order valence-corrected chi connectivity index (χ4v) is 3.15. The number of halogens is 1. The normalized spacial score (nSPS) is 16.6. The second-order valence-electron chi connectivity index (χ2n) is 8.81. The number of hydrogen-bond donors (Lipinski definition) is 0. The average Bonchev–Trinajstić information content (AvgIpc) is 2.85. The van der Waals surface area contributed by atoms with Crippen LogP contribution in [-0.2, 0) is 9.31 Å². The number of nitro groups is 1. The van der Waals surface area contributed by atoms with E-state index < -0.39 is 4.92 Å². The van der Waals surface area contributed by atoms with E-state index in [4.69, 9.17) is 14.0 Å². The van der Waals surface area contributed by atoms with Crippen molar-refractivity contribution in [2.45, 2.75) is 72.7 Å². The molecular formula is C22H30BBrN2O5. The maximum Gasteiger partial charge on any atom is 0.494 e. The zero-order valence-electron chi connectivity index (χ0n) is 19.4. The zero-order valence-corrected chi connectivity index (χ0v) is 20.9. The Morgan fingerprint density at radius 1 is 1.13 bits per heavy atom. The van der Waals surface area contributed by atoms with Gasteiger partial charge >= 0.3 is 12.8 Å². The van der Waals surface area contributed by atoms with Crippen LogP contribution in [0, 0.1) is 24.0 Å². The molecule has 0 radical (unpaired) electrons. The van der Waals surface area contributed by atoms with Crippen molar-refractivity contribution in [1.29, 1.82) is 0 Å². The number of nitrogens with zero attached hydrogens (tertiary/aromatic N) is 2. The molecule has 0 unspecified atom stereocenters. The first kappa shape index (κ1) is 25.3. The van der Waals surface area contributed by atoms with Crippen molar-refractivity contribution in [1.82, 2.24) is 4.98 Å². The Morgan fingerprint density at radius 3 is 2.19 bits per heavy atom. The van der Waals surface area contributed by atoms with Crippen LogP contribution in [-0.4, -0.2) is 34.3 Å². The molecule has 0 atom stereocenters. The van der Waals surface area contributed by atoms with Gasteiger partial charge in [0.15, 0.2) is 5.75 Å². The van der Waals surface area contributed by atoms with Gasteiger partial charge in [-0.25, -0.2) is 0 Å². The number of aryl methyl sites for hydroxylation is 2. The van der Waals surface area contributed by atoms with Gasteiger partial charge in [-0.15, -0.1) is 0 Å². The third-order valence-electron chi connectivity index (χ3n) is 5.25. The number of benzene rings is 1. The molecule has 0 saturated carbocycles. The van der Waals surface area contributed by atoms with Crippen molar-refractivity contribution in [2.24, 2.45) is 0 Å². The first-order valence-corrected chi connectivity index (χ1v) is 10.9. The number of hydrogen-bond acceptors (Lipinski definition) is 6. The predicted molar refractivity (Wildman–Crippen MR) is 126 cm³/mol. The van der Waals surface area contributed by atoms with Crippen LogP contribution in [0.2, 0.25) is 0 Å². The van der Waals surface area contributed by atoms with Crippen LogP contribution >= 0.6 is 15.9 Å². The molecule has 3 rings (SSSR count). The first-order valence-electron chi connectivity index (χ1n) is 10.1. The maximum atomic E-state index is 10.8. The highest BCUT2D eigenvalue weighted by Gasteiger charge is 2.51. The molecule has 0 N–H and O–H groups in total. The lowest BCUT2D eigenvalue weighted by molar-refractivity contribution is -0.386. The predicted octanol–water partition coefficient (Wildman–Crippen LogP) is 5.14. The van der Waals surface area contributed by atoms with Gasteiger partial charge in [0.25, 0.3) is 0 Å². The molecule has 1 fully saturated rings. The topological polar surface area (TPSA) is 83.7 Å². The lowest BCUT2D eigenvalue weighted by atomic mass is 9.79. The Balaban J connectivity index is 0.000000221. The molecule has 1 aliphatic rings. The van der Waals surface area contributed by atoms with Crippen molar-refractivity contribution in [3.05, 3.63) is 56.3 Å². The summed E-state index contributed by atoms with van der Waals surface area (Å²) in [6.45, 7) is 15.7. The van der Waals surface area contributed by atoms with E-state index in [1.54, 1.807) is 19.2 Å². The Morgan fingerprint density at radius 2 is 1.71 bits per heavy atom. The molecule has 0 amide bonds. The standard InChI is InChI=1S/C12H18BNO2.C10H12BrNO3/c1-9-8-10(6-7-14-9)13-15-11(2,3)12(4,5)16-13;1-6(2)15-10-5-8(11)7(3)4-9(10)12(13)14/h6-8H,1-5H3;4-6H,1-3H3. The minimum absolute atomic E-state index is 0.00407. The first-order chi connectivity index (χ1) is 14.2. The number of nitro benzene ring substituents is 1. The monoisotopic (exact) mass is 492 g/mol. The summed E-state index contributed by atoms with van der Waals surface area (Å²) >= 11 is 3.32. The minimum Gasteiger partial charge on any atom is -0.484 e. The number of rotatable bonds is 4. The molecule has 1 aromatic heterocycles. The molecule has 7 nitrogen and oxygen atoms in total. The SMILES string of the molecule is Cc1cc(B2OC(C)(C)C(C)(C)O2)ccn1.Cc1cc([N+](=O)[O-])c(OC(C)C)cc1Br. The summed E-state index contributed by atoms with van der Waals surface area (Å²) in [6.07, 6.45) is 1.70. The van der Waals surface area contributed by atoms with Gasteiger partial charge in [0.05, 0.1) is 22.2 Å². The molecule has 31 heavy (non-hydrogen) atoms. The third kappa shape index (κ3) is 6.27. The van der Waals surface area contributed by atoms with Gasteiger partial charge < -0.3 is 14.0 Å². The molecule has 2 aromatic rings. The van der Waals surface area contributed by atoms with E-state index in [0.717, 1.165) is 21.2 Å². The van der Waals surface area contributed by atoms with Crippen molar-refractivity contribution in [2.75, 3.05) is 0 Å². The van der Waals surface area contributed by atoms with Crippen LogP contribution in [0.15, 0.2) is 34.9 Å². The highest BCUT2D eigenvalue weighted by molar-refractivity contribution is 9.10. The lowest BCUT2D eigenvalue weighted by Gasteiger charge is -2.32. The van der Waals surface area contributed by atoms with Gasteiger partial charge in [0.1, 0.15) is 0 Å². The molecule has 0 aliphatic carbocycles. The lowest BCUT2D eigenvalue weighted by Crippen LogP contribution is -2.41. The van der Waals surface area contributed by atoms with Gasteiger partial charge in [-0.2, -0.15) is 0 Å². The van der Waals surface area contributed by atoms with E-state index in [9.17, 15) is 10.1 Å². The van der Waals surface area contributed by atoms with E-state index in [1.165, 1.54) is 6.07 Å². The maximum absolute atomic E-state index is 10.8. The Bertz CT molecular complexity index is 933. The van der Waals surface area contributed by atoms with Crippen molar-refractivity contribution in [3.8, 4) is 5.75 Å². The Labute approximate surface area is 192 Å². The van der Waals surface area contributed by atoms with Crippen LogP contribution in [0.1, 0.15) is 52.8 Å². The van der Waals surface area contributed by atoms with E-state index in [1.807, 2.05) is 32.9 Å². The zero-order chi connectivity index (χ0) is 23.6. The van der Waals surface area contributed by atoms with Crippen LogP contribution in [0.4, 0.5) is 5.69 Å². The smallest absolute Gasteiger partial charge is 0.484 e. The third-order valence-corrected chi connectivity index (χ3v) is 6.10. The molecule has 1 saturated heterocycles. The second kappa shape index (κ2) is 9.67. The second-order valence-corrected chi connectivity index (χ2v) is 9.67. The average molecular weight is 493 g/mol. The molecule has 0 bridgehead atoms. The molecule has 1 aromatic carbocycles. The van der Waals surface area contributed by atoms with E-state index >= 15 is 0 Å². The number of ether oxygens (including phenoxy) is 1. The minimum atomic E-state index is -0.433. The largest absolute Gasteiger partial charge is 0.494 e. The van der Waals surface area contributed by atoms with Gasteiger partial charge in [0, 0.05) is 28.5 Å². The van der Waals surface area contributed by atoms with Crippen molar-refractivity contribution in [3.63, 3.8) is 0 Å². The summed E-state index contributed by atoms with van der Waals surface area (Å²) in [5.74, 6) is 0.299. The van der Waals surface area contributed by atoms with Crippen LogP contribution in [0.5, 0.6) is 5.75 Å². The summed E-state index contributed by atoms with van der Waals surface area (Å²) in [6, 6.07) is 7.08.